The molecule has 0 amide bonds. The second-order valence-corrected chi connectivity index (χ2v) is 6.30. The van der Waals surface area contributed by atoms with Gasteiger partial charge in [0.2, 0.25) is 0 Å². The SMILES string of the molecule is CCn1nc(C)c(Cl)c1Cn1cc2c(c1)C(N)CCCC2. The summed E-state index contributed by atoms with van der Waals surface area (Å²) >= 11 is 6.40. The summed E-state index contributed by atoms with van der Waals surface area (Å²) in [4.78, 5) is 0. The number of hydrogen-bond donors (Lipinski definition) is 1. The number of aromatic nitrogens is 3. The van der Waals surface area contributed by atoms with Crippen LogP contribution in [0.4, 0.5) is 0 Å². The van der Waals surface area contributed by atoms with Gasteiger partial charge in [0.05, 0.1) is 23.0 Å². The molecule has 1 aliphatic carbocycles. The normalized spacial score (nSPS) is 18.6. The topological polar surface area (TPSA) is 48.8 Å². The van der Waals surface area contributed by atoms with Gasteiger partial charge in [0, 0.05) is 25.0 Å². The predicted octanol–water partition coefficient (Wildman–Crippen LogP) is 3.44. The van der Waals surface area contributed by atoms with Crippen molar-refractivity contribution in [2.24, 2.45) is 5.73 Å². The molecule has 1 aliphatic rings. The molecular weight excluding hydrogens is 284 g/mol. The molecule has 0 saturated carbocycles. The van der Waals surface area contributed by atoms with Crippen LogP contribution in [0, 0.1) is 6.92 Å². The minimum absolute atomic E-state index is 0.178. The average molecular weight is 307 g/mol. The largest absolute Gasteiger partial charge is 0.348 e. The second kappa shape index (κ2) is 5.85. The van der Waals surface area contributed by atoms with E-state index in [9.17, 15) is 0 Å². The van der Waals surface area contributed by atoms with Gasteiger partial charge in [-0.15, -0.1) is 0 Å². The molecule has 1 unspecified atom stereocenters. The molecule has 0 aromatic carbocycles. The van der Waals surface area contributed by atoms with E-state index in [0.29, 0.717) is 0 Å². The quantitative estimate of drug-likeness (QED) is 0.883. The fourth-order valence-electron chi connectivity index (χ4n) is 3.24. The van der Waals surface area contributed by atoms with Gasteiger partial charge in [0.25, 0.3) is 0 Å². The Morgan fingerprint density at radius 2 is 2.19 bits per heavy atom. The minimum atomic E-state index is 0.178. The first-order valence-electron chi connectivity index (χ1n) is 7.76. The summed E-state index contributed by atoms with van der Waals surface area (Å²) in [7, 11) is 0. The highest BCUT2D eigenvalue weighted by Crippen LogP contribution is 2.29. The van der Waals surface area contributed by atoms with Crippen LogP contribution in [0.1, 0.15) is 54.7 Å². The fourth-order valence-corrected chi connectivity index (χ4v) is 3.43. The van der Waals surface area contributed by atoms with Gasteiger partial charge in [-0.1, -0.05) is 18.0 Å². The molecule has 0 spiro atoms. The molecule has 0 saturated heterocycles. The Kier molecular flexibility index (Phi) is 4.09. The van der Waals surface area contributed by atoms with Gasteiger partial charge in [-0.2, -0.15) is 5.10 Å². The molecule has 2 heterocycles. The highest BCUT2D eigenvalue weighted by Gasteiger charge is 2.19. The van der Waals surface area contributed by atoms with E-state index in [2.05, 4.69) is 29.0 Å². The maximum absolute atomic E-state index is 6.40. The van der Waals surface area contributed by atoms with Crippen LogP contribution < -0.4 is 5.73 Å². The lowest BCUT2D eigenvalue weighted by Crippen LogP contribution is -2.10. The third-order valence-corrected chi connectivity index (χ3v) is 4.88. The van der Waals surface area contributed by atoms with Gasteiger partial charge >= 0.3 is 0 Å². The summed E-state index contributed by atoms with van der Waals surface area (Å²) in [6.45, 7) is 5.64. The van der Waals surface area contributed by atoms with E-state index in [1.807, 2.05) is 11.6 Å². The first-order chi connectivity index (χ1) is 10.1. The van der Waals surface area contributed by atoms with E-state index >= 15 is 0 Å². The van der Waals surface area contributed by atoms with Gasteiger partial charge in [-0.3, -0.25) is 4.68 Å². The fraction of sp³-hybridized carbons (Fsp3) is 0.562. The first-order valence-corrected chi connectivity index (χ1v) is 8.13. The third kappa shape index (κ3) is 2.74. The lowest BCUT2D eigenvalue weighted by Gasteiger charge is -2.08. The minimum Gasteiger partial charge on any atom is -0.348 e. The average Bonchev–Trinajstić information content (AvgIpc) is 2.94. The van der Waals surface area contributed by atoms with Crippen LogP contribution in [-0.4, -0.2) is 14.3 Å². The van der Waals surface area contributed by atoms with Crippen molar-refractivity contribution in [3.05, 3.63) is 39.9 Å². The van der Waals surface area contributed by atoms with Crippen LogP contribution in [0.5, 0.6) is 0 Å². The van der Waals surface area contributed by atoms with Crippen LogP contribution in [-0.2, 0) is 19.5 Å². The van der Waals surface area contributed by atoms with E-state index in [-0.39, 0.29) is 6.04 Å². The maximum atomic E-state index is 6.40. The molecule has 0 aliphatic heterocycles. The summed E-state index contributed by atoms with van der Waals surface area (Å²) in [5.74, 6) is 0. The van der Waals surface area contributed by atoms with Crippen LogP contribution >= 0.6 is 11.6 Å². The Morgan fingerprint density at radius 3 is 2.95 bits per heavy atom. The van der Waals surface area contributed by atoms with E-state index in [1.54, 1.807) is 0 Å². The Bertz CT molecular complexity index is 641. The van der Waals surface area contributed by atoms with Crippen LogP contribution in [0.25, 0.3) is 0 Å². The number of hydrogen-bond acceptors (Lipinski definition) is 2. The number of fused-ring (bicyclic) bond motifs is 1. The van der Waals surface area contributed by atoms with Crippen molar-refractivity contribution in [1.82, 2.24) is 14.3 Å². The van der Waals surface area contributed by atoms with Gasteiger partial charge < -0.3 is 10.3 Å². The maximum Gasteiger partial charge on any atom is 0.0865 e. The number of halogens is 1. The molecule has 1 atom stereocenters. The smallest absolute Gasteiger partial charge is 0.0865 e. The number of rotatable bonds is 3. The van der Waals surface area contributed by atoms with Gasteiger partial charge in [-0.05, 0) is 44.2 Å². The summed E-state index contributed by atoms with van der Waals surface area (Å²) < 4.78 is 4.20. The zero-order chi connectivity index (χ0) is 15.0. The molecule has 114 valence electrons. The van der Waals surface area contributed by atoms with Crippen molar-refractivity contribution in [3.8, 4) is 0 Å². The molecule has 2 N–H and O–H groups in total. The molecule has 21 heavy (non-hydrogen) atoms. The molecule has 2 aromatic heterocycles. The zero-order valence-electron chi connectivity index (χ0n) is 12.8. The van der Waals surface area contributed by atoms with Crippen LogP contribution in [0.15, 0.2) is 12.4 Å². The standard InChI is InChI=1S/C16H23ClN4/c1-3-21-15(16(17)11(2)19-21)10-20-8-12-6-4-5-7-14(18)13(12)9-20/h8-9,14H,3-7,10,18H2,1-2H3. The molecular formula is C16H23ClN4. The van der Waals surface area contributed by atoms with Gasteiger partial charge in [-0.25, -0.2) is 0 Å². The third-order valence-electron chi connectivity index (χ3n) is 4.39. The Labute approximate surface area is 130 Å². The van der Waals surface area contributed by atoms with E-state index < -0.39 is 0 Å². The Balaban J connectivity index is 1.91. The lowest BCUT2D eigenvalue weighted by molar-refractivity contribution is 0.590. The Morgan fingerprint density at radius 1 is 1.38 bits per heavy atom. The lowest BCUT2D eigenvalue weighted by atomic mass is 10.1. The van der Waals surface area contributed by atoms with Crippen molar-refractivity contribution < 1.29 is 0 Å². The van der Waals surface area contributed by atoms with E-state index in [4.69, 9.17) is 17.3 Å². The molecule has 2 aromatic rings. The first kappa shape index (κ1) is 14.7. The summed E-state index contributed by atoms with van der Waals surface area (Å²) in [5.41, 5.74) is 11.0. The summed E-state index contributed by atoms with van der Waals surface area (Å²) in [5, 5.41) is 5.27. The van der Waals surface area contributed by atoms with Crippen molar-refractivity contribution in [1.29, 1.82) is 0 Å². The van der Waals surface area contributed by atoms with Crippen molar-refractivity contribution in [2.75, 3.05) is 0 Å². The molecule has 5 heteroatoms. The monoisotopic (exact) mass is 306 g/mol. The number of aryl methyl sites for hydroxylation is 3. The molecule has 3 rings (SSSR count). The van der Waals surface area contributed by atoms with Crippen molar-refractivity contribution in [2.45, 2.75) is 58.7 Å². The van der Waals surface area contributed by atoms with E-state index in [1.165, 1.54) is 24.0 Å². The van der Waals surface area contributed by atoms with Gasteiger partial charge in [0.15, 0.2) is 0 Å². The van der Waals surface area contributed by atoms with Crippen molar-refractivity contribution >= 4 is 11.6 Å². The van der Waals surface area contributed by atoms with Crippen LogP contribution in [0.3, 0.4) is 0 Å². The van der Waals surface area contributed by atoms with Crippen LogP contribution in [0.2, 0.25) is 5.02 Å². The summed E-state index contributed by atoms with van der Waals surface area (Å²) in [6.07, 6.45) is 9.11. The van der Waals surface area contributed by atoms with Gasteiger partial charge in [0.1, 0.15) is 0 Å². The molecule has 0 bridgehead atoms. The molecule has 0 fully saturated rings. The molecule has 0 radical (unpaired) electrons. The van der Waals surface area contributed by atoms with E-state index in [0.717, 1.165) is 42.3 Å². The zero-order valence-corrected chi connectivity index (χ0v) is 13.5. The summed E-state index contributed by atoms with van der Waals surface area (Å²) in [6, 6.07) is 0.178. The van der Waals surface area contributed by atoms with Crippen molar-refractivity contribution in [3.63, 3.8) is 0 Å². The number of nitrogens with zero attached hydrogens (tertiary/aromatic N) is 3. The second-order valence-electron chi connectivity index (χ2n) is 5.93. The predicted molar refractivity (Wildman–Crippen MR) is 85.7 cm³/mol. The highest BCUT2D eigenvalue weighted by atomic mass is 35.5. The molecule has 4 nitrogen and oxygen atoms in total. The number of nitrogens with two attached hydrogens (primary N) is 1. The Hall–Kier alpha value is -1.26. The highest BCUT2D eigenvalue weighted by molar-refractivity contribution is 6.31.